The zero-order valence-electron chi connectivity index (χ0n) is 14.8. The molecule has 0 aliphatic rings. The molecule has 1 aromatic carbocycles. The second-order valence-electron chi connectivity index (χ2n) is 4.69. The van der Waals surface area contributed by atoms with Crippen molar-refractivity contribution in [3.8, 4) is 11.5 Å². The Balaban J connectivity index is 0. The average molecular weight is 352 g/mol. The van der Waals surface area contributed by atoms with E-state index in [0.29, 0.717) is 12.1 Å². The van der Waals surface area contributed by atoms with Gasteiger partial charge in [0, 0.05) is 18.7 Å². The fourth-order valence-electron chi connectivity index (χ4n) is 1.06. The number of phenolic OH excluding ortho intramolecular Hbond substituents is 2. The zero-order chi connectivity index (χ0) is 19.7. The van der Waals surface area contributed by atoms with Crippen LogP contribution in [0, 0.1) is 0 Å². The summed E-state index contributed by atoms with van der Waals surface area (Å²) in [6, 6.07) is 6.15. The third-order valence-electron chi connectivity index (χ3n) is 2.32. The Morgan fingerprint density at radius 2 is 1.80 bits per heavy atom. The molecule has 1 rings (SSSR count). The molecule has 0 heterocycles. The SMILES string of the molecule is C=C(C)C(=O)OCCN.C=CC(=O)NCCC.Oc1ccccc1O. The molecule has 5 N–H and O–H groups in total. The molecule has 0 unspecified atom stereocenters. The minimum atomic E-state index is -0.375. The third kappa shape index (κ3) is 15.9. The number of benzene rings is 1. The second kappa shape index (κ2) is 16.1. The van der Waals surface area contributed by atoms with Crippen molar-refractivity contribution < 1.29 is 24.5 Å². The predicted molar refractivity (Wildman–Crippen MR) is 98.1 cm³/mol. The maximum absolute atomic E-state index is 10.5. The number of amides is 1. The lowest BCUT2D eigenvalue weighted by molar-refractivity contribution is -0.138. The van der Waals surface area contributed by atoms with E-state index >= 15 is 0 Å². The van der Waals surface area contributed by atoms with Crippen LogP contribution in [-0.2, 0) is 14.3 Å². The minimum Gasteiger partial charge on any atom is -0.504 e. The Bertz CT molecular complexity index is 523. The molecular formula is C18H28N2O5. The maximum atomic E-state index is 10.5. The van der Waals surface area contributed by atoms with Gasteiger partial charge in [0.2, 0.25) is 5.91 Å². The van der Waals surface area contributed by atoms with Crippen LogP contribution in [0.5, 0.6) is 11.5 Å². The Morgan fingerprint density at radius 1 is 1.28 bits per heavy atom. The fraction of sp³-hybridized carbons (Fsp3) is 0.333. The minimum absolute atomic E-state index is 0.0764. The quantitative estimate of drug-likeness (QED) is 0.352. The molecule has 1 aromatic rings. The molecule has 0 aliphatic carbocycles. The van der Waals surface area contributed by atoms with Crippen molar-refractivity contribution in [3.63, 3.8) is 0 Å². The van der Waals surface area contributed by atoms with Gasteiger partial charge in [-0.05, 0) is 31.6 Å². The van der Waals surface area contributed by atoms with Crippen LogP contribution in [0.15, 0.2) is 49.1 Å². The van der Waals surface area contributed by atoms with E-state index < -0.39 is 0 Å². The summed E-state index contributed by atoms with van der Waals surface area (Å²) in [4.78, 5) is 20.9. The molecule has 7 heteroatoms. The molecule has 0 atom stereocenters. The monoisotopic (exact) mass is 352 g/mol. The number of nitrogens with two attached hydrogens (primary N) is 1. The molecule has 140 valence electrons. The van der Waals surface area contributed by atoms with Crippen LogP contribution in [0.2, 0.25) is 0 Å². The van der Waals surface area contributed by atoms with E-state index in [2.05, 4.69) is 23.2 Å². The fourth-order valence-corrected chi connectivity index (χ4v) is 1.06. The van der Waals surface area contributed by atoms with Gasteiger partial charge in [0.1, 0.15) is 6.61 Å². The van der Waals surface area contributed by atoms with E-state index in [-0.39, 0.29) is 30.0 Å². The highest BCUT2D eigenvalue weighted by Gasteiger charge is 1.99. The number of carbonyl (C=O) groups excluding carboxylic acids is 2. The number of ether oxygens (including phenoxy) is 1. The van der Waals surface area contributed by atoms with Gasteiger partial charge in [0.15, 0.2) is 11.5 Å². The Kier molecular flexibility index (Phi) is 15.7. The molecular weight excluding hydrogens is 324 g/mol. The summed E-state index contributed by atoms with van der Waals surface area (Å²) < 4.78 is 4.59. The number of phenols is 2. The van der Waals surface area contributed by atoms with Crippen LogP contribution >= 0.6 is 0 Å². The van der Waals surface area contributed by atoms with Crippen molar-refractivity contribution in [3.05, 3.63) is 49.1 Å². The van der Waals surface area contributed by atoms with Crippen molar-refractivity contribution >= 4 is 11.9 Å². The molecule has 1 amide bonds. The van der Waals surface area contributed by atoms with E-state index in [1.807, 2.05) is 6.92 Å². The van der Waals surface area contributed by atoms with Crippen LogP contribution in [0.4, 0.5) is 0 Å². The van der Waals surface area contributed by atoms with Crippen LogP contribution in [0.3, 0.4) is 0 Å². The molecule has 0 saturated carbocycles. The summed E-state index contributed by atoms with van der Waals surface area (Å²) in [5, 5.41) is 20.0. The lowest BCUT2D eigenvalue weighted by Gasteiger charge is -1.99. The van der Waals surface area contributed by atoms with Crippen LogP contribution in [0.1, 0.15) is 20.3 Å². The summed E-state index contributed by atoms with van der Waals surface area (Å²) in [5.41, 5.74) is 5.48. The zero-order valence-corrected chi connectivity index (χ0v) is 14.8. The standard InChI is InChI=1S/C6H11NO2.C6H11NO.C6H6O2/c1-5(2)6(8)9-4-3-7;1-3-5-7-6(8)4-2;7-5-3-1-2-4-6(5)8/h1,3-4,7H2,2H3;4H,2-3,5H2,1H3,(H,7,8);1-4,7-8H. The van der Waals surface area contributed by atoms with E-state index in [1.54, 1.807) is 19.1 Å². The maximum Gasteiger partial charge on any atom is 0.333 e. The van der Waals surface area contributed by atoms with E-state index in [4.69, 9.17) is 15.9 Å². The molecule has 0 spiro atoms. The lowest BCUT2D eigenvalue weighted by Crippen LogP contribution is -2.20. The molecule has 0 saturated heterocycles. The Morgan fingerprint density at radius 3 is 2.12 bits per heavy atom. The van der Waals surface area contributed by atoms with Crippen molar-refractivity contribution in [1.29, 1.82) is 0 Å². The van der Waals surface area contributed by atoms with Crippen molar-refractivity contribution in [2.24, 2.45) is 5.73 Å². The van der Waals surface area contributed by atoms with Gasteiger partial charge in [-0.25, -0.2) is 4.79 Å². The summed E-state index contributed by atoms with van der Waals surface area (Å²) >= 11 is 0. The average Bonchev–Trinajstić information content (AvgIpc) is 2.61. The van der Waals surface area contributed by atoms with Gasteiger partial charge in [-0.2, -0.15) is 0 Å². The highest BCUT2D eigenvalue weighted by atomic mass is 16.5. The van der Waals surface area contributed by atoms with Gasteiger partial charge in [-0.3, -0.25) is 4.79 Å². The normalized spacial score (nSPS) is 8.60. The smallest absolute Gasteiger partial charge is 0.333 e. The first-order valence-electron chi connectivity index (χ1n) is 7.69. The number of hydrogen-bond acceptors (Lipinski definition) is 6. The van der Waals surface area contributed by atoms with E-state index in [1.165, 1.54) is 18.2 Å². The number of nitrogens with one attached hydrogen (secondary N) is 1. The summed E-state index contributed by atoms with van der Waals surface area (Å²) in [5.74, 6) is -0.618. The molecule has 0 radical (unpaired) electrons. The number of para-hydroxylation sites is 2. The van der Waals surface area contributed by atoms with Gasteiger partial charge in [0.05, 0.1) is 0 Å². The number of hydrogen-bond donors (Lipinski definition) is 4. The largest absolute Gasteiger partial charge is 0.504 e. The number of esters is 1. The van der Waals surface area contributed by atoms with Gasteiger partial charge >= 0.3 is 5.97 Å². The van der Waals surface area contributed by atoms with Crippen molar-refractivity contribution in [1.82, 2.24) is 5.32 Å². The molecule has 0 aromatic heterocycles. The molecule has 7 nitrogen and oxygen atoms in total. The molecule has 0 fully saturated rings. The topological polar surface area (TPSA) is 122 Å². The number of rotatable bonds is 6. The van der Waals surface area contributed by atoms with Gasteiger partial charge in [-0.1, -0.05) is 32.2 Å². The van der Waals surface area contributed by atoms with E-state index in [9.17, 15) is 9.59 Å². The second-order valence-corrected chi connectivity index (χ2v) is 4.69. The highest BCUT2D eigenvalue weighted by molar-refractivity contribution is 5.87. The third-order valence-corrected chi connectivity index (χ3v) is 2.32. The summed E-state index contributed by atoms with van der Waals surface area (Å²) in [7, 11) is 0. The summed E-state index contributed by atoms with van der Waals surface area (Å²) in [6.45, 7) is 11.7. The molecule has 0 aliphatic heterocycles. The van der Waals surface area contributed by atoms with Crippen molar-refractivity contribution in [2.75, 3.05) is 19.7 Å². The first-order chi connectivity index (χ1) is 11.8. The first-order valence-corrected chi connectivity index (χ1v) is 7.69. The Hall–Kier alpha value is -2.80. The van der Waals surface area contributed by atoms with Crippen molar-refractivity contribution in [2.45, 2.75) is 20.3 Å². The van der Waals surface area contributed by atoms with Crippen LogP contribution < -0.4 is 11.1 Å². The first kappa shape index (κ1) is 24.5. The van der Waals surface area contributed by atoms with Crippen LogP contribution in [0.25, 0.3) is 0 Å². The predicted octanol–water partition coefficient (Wildman–Crippen LogP) is 1.86. The van der Waals surface area contributed by atoms with Gasteiger partial charge in [0.25, 0.3) is 0 Å². The van der Waals surface area contributed by atoms with Crippen LogP contribution in [-0.4, -0.2) is 41.8 Å². The van der Waals surface area contributed by atoms with Gasteiger partial charge < -0.3 is 26.0 Å². The lowest BCUT2D eigenvalue weighted by atomic mass is 10.3. The van der Waals surface area contributed by atoms with Gasteiger partial charge in [-0.15, -0.1) is 0 Å². The summed E-state index contributed by atoms with van der Waals surface area (Å²) in [6.07, 6.45) is 2.25. The Labute approximate surface area is 148 Å². The number of aromatic hydroxyl groups is 2. The molecule has 0 bridgehead atoms. The van der Waals surface area contributed by atoms with E-state index in [0.717, 1.165) is 13.0 Å². The molecule has 25 heavy (non-hydrogen) atoms. The highest BCUT2D eigenvalue weighted by Crippen LogP contribution is 2.21. The number of carbonyl (C=O) groups is 2.